The van der Waals surface area contributed by atoms with Crippen LogP contribution in [-0.2, 0) is 4.79 Å². The van der Waals surface area contributed by atoms with Gasteiger partial charge in [-0.25, -0.2) is 0 Å². The van der Waals surface area contributed by atoms with E-state index in [1.54, 1.807) is 0 Å². The minimum Gasteiger partial charge on any atom is -0.342 e. The van der Waals surface area contributed by atoms with Crippen molar-refractivity contribution in [1.82, 2.24) is 9.80 Å². The summed E-state index contributed by atoms with van der Waals surface area (Å²) in [5, 5.41) is 0. The molecule has 0 aromatic carbocycles. The van der Waals surface area contributed by atoms with E-state index in [4.69, 9.17) is 0 Å². The normalized spacial score (nSPS) is 19.3. The van der Waals surface area contributed by atoms with Gasteiger partial charge in [0.25, 0.3) is 0 Å². The summed E-state index contributed by atoms with van der Waals surface area (Å²) in [6.45, 7) is 4.09. The third-order valence-electron chi connectivity index (χ3n) is 3.07. The number of nitrogens with zero attached hydrogens (tertiary/aromatic N) is 2. The molecule has 3 nitrogen and oxygen atoms in total. The molecule has 0 atom stereocenters. The van der Waals surface area contributed by atoms with Crippen molar-refractivity contribution in [2.75, 3.05) is 21.1 Å². The molecular formula is C10H20N2O. The quantitative estimate of drug-likeness (QED) is 0.652. The van der Waals surface area contributed by atoms with E-state index >= 15 is 0 Å². The summed E-state index contributed by atoms with van der Waals surface area (Å²) in [5.74, 6) is 0.271. The second-order valence-corrected chi connectivity index (χ2v) is 4.44. The van der Waals surface area contributed by atoms with Crippen molar-refractivity contribution in [2.45, 2.75) is 38.3 Å². The zero-order valence-corrected chi connectivity index (χ0v) is 9.29. The Hall–Kier alpha value is -0.570. The Kier molecular flexibility index (Phi) is 2.66. The highest BCUT2D eigenvalue weighted by Gasteiger charge is 2.53. The molecule has 0 radical (unpaired) electrons. The zero-order chi connectivity index (χ0) is 10.2. The molecule has 13 heavy (non-hydrogen) atoms. The molecule has 1 aliphatic rings. The fraction of sp³-hybridized carbons (Fsp3) is 0.900. The van der Waals surface area contributed by atoms with Crippen LogP contribution in [0.15, 0.2) is 0 Å². The smallest absolute Gasteiger partial charge is 0.243 e. The number of amides is 1. The molecule has 0 aromatic heterocycles. The van der Waals surface area contributed by atoms with E-state index in [2.05, 4.69) is 0 Å². The molecule has 1 saturated carbocycles. The first-order valence-corrected chi connectivity index (χ1v) is 4.86. The largest absolute Gasteiger partial charge is 0.342 e. The van der Waals surface area contributed by atoms with E-state index in [1.807, 2.05) is 44.8 Å². The minimum atomic E-state index is -0.168. The third kappa shape index (κ3) is 1.70. The molecule has 0 unspecified atom stereocenters. The summed E-state index contributed by atoms with van der Waals surface area (Å²) in [7, 11) is 5.86. The van der Waals surface area contributed by atoms with Crippen molar-refractivity contribution in [3.63, 3.8) is 0 Å². The van der Waals surface area contributed by atoms with Crippen molar-refractivity contribution in [3.8, 4) is 0 Å². The highest BCUT2D eigenvalue weighted by Crippen LogP contribution is 2.41. The first-order chi connectivity index (χ1) is 5.92. The van der Waals surface area contributed by atoms with E-state index in [0.29, 0.717) is 6.04 Å². The van der Waals surface area contributed by atoms with E-state index in [1.165, 1.54) is 0 Å². The van der Waals surface area contributed by atoms with Gasteiger partial charge in [-0.1, -0.05) is 0 Å². The number of carbonyl (C=O) groups excluding carboxylic acids is 1. The third-order valence-corrected chi connectivity index (χ3v) is 3.07. The molecule has 1 amide bonds. The molecule has 0 N–H and O–H groups in total. The lowest BCUT2D eigenvalue weighted by Crippen LogP contribution is -2.48. The maximum atomic E-state index is 12.0. The Bertz CT molecular complexity index is 207. The first-order valence-electron chi connectivity index (χ1n) is 4.86. The lowest BCUT2D eigenvalue weighted by molar-refractivity contribution is -0.137. The Morgan fingerprint density at radius 2 is 1.69 bits per heavy atom. The summed E-state index contributed by atoms with van der Waals surface area (Å²) < 4.78 is 0. The SMILES string of the molecule is CC(C)N(C)C(=O)C1(N(C)C)CC1. The predicted molar refractivity (Wildman–Crippen MR) is 53.6 cm³/mol. The number of hydrogen-bond acceptors (Lipinski definition) is 2. The van der Waals surface area contributed by atoms with Crippen LogP contribution in [0.5, 0.6) is 0 Å². The fourth-order valence-electron chi connectivity index (χ4n) is 1.53. The van der Waals surface area contributed by atoms with Crippen molar-refractivity contribution in [3.05, 3.63) is 0 Å². The molecule has 1 fully saturated rings. The van der Waals surface area contributed by atoms with Gasteiger partial charge in [0.15, 0.2) is 0 Å². The molecule has 76 valence electrons. The molecule has 0 aromatic rings. The summed E-state index contributed by atoms with van der Waals surface area (Å²) in [6.07, 6.45) is 2.02. The van der Waals surface area contributed by atoms with Gasteiger partial charge in [0.1, 0.15) is 5.54 Å². The van der Waals surface area contributed by atoms with Gasteiger partial charge < -0.3 is 4.90 Å². The molecule has 0 bridgehead atoms. The molecule has 0 aliphatic heterocycles. The summed E-state index contributed by atoms with van der Waals surface area (Å²) in [4.78, 5) is 15.9. The predicted octanol–water partition coefficient (Wildman–Crippen LogP) is 0.947. The van der Waals surface area contributed by atoms with Crippen LogP contribution in [0.3, 0.4) is 0 Å². The lowest BCUT2D eigenvalue weighted by Gasteiger charge is -2.30. The Morgan fingerprint density at radius 1 is 1.23 bits per heavy atom. The van der Waals surface area contributed by atoms with Gasteiger partial charge in [-0.05, 0) is 40.8 Å². The molecule has 1 rings (SSSR count). The Morgan fingerprint density at radius 3 is 1.92 bits per heavy atom. The van der Waals surface area contributed by atoms with Gasteiger partial charge in [0, 0.05) is 13.1 Å². The van der Waals surface area contributed by atoms with E-state index in [-0.39, 0.29) is 11.4 Å². The molecule has 1 aliphatic carbocycles. The van der Waals surface area contributed by atoms with Crippen LogP contribution in [-0.4, -0.2) is 48.4 Å². The number of likely N-dealkylation sites (N-methyl/N-ethyl adjacent to an activating group) is 2. The van der Waals surface area contributed by atoms with Gasteiger partial charge in [-0.3, -0.25) is 9.69 Å². The summed E-state index contributed by atoms with van der Waals surface area (Å²) >= 11 is 0. The minimum absolute atomic E-state index is 0.168. The molecular weight excluding hydrogens is 164 g/mol. The number of carbonyl (C=O) groups is 1. The monoisotopic (exact) mass is 184 g/mol. The van der Waals surface area contributed by atoms with E-state index in [0.717, 1.165) is 12.8 Å². The maximum absolute atomic E-state index is 12.0. The first kappa shape index (κ1) is 10.5. The average Bonchev–Trinajstić information content (AvgIpc) is 2.81. The second kappa shape index (κ2) is 3.29. The van der Waals surface area contributed by atoms with Crippen LogP contribution in [0.2, 0.25) is 0 Å². The standard InChI is InChI=1S/C10H20N2O/c1-8(2)12(5)9(13)10(6-7-10)11(3)4/h8H,6-7H2,1-5H3. The fourth-order valence-corrected chi connectivity index (χ4v) is 1.53. The van der Waals surface area contributed by atoms with Crippen LogP contribution in [0.25, 0.3) is 0 Å². The van der Waals surface area contributed by atoms with E-state index < -0.39 is 0 Å². The van der Waals surface area contributed by atoms with Gasteiger partial charge in [-0.2, -0.15) is 0 Å². The second-order valence-electron chi connectivity index (χ2n) is 4.44. The summed E-state index contributed by atoms with van der Waals surface area (Å²) in [6, 6.07) is 0.296. The number of rotatable bonds is 3. The van der Waals surface area contributed by atoms with Crippen molar-refractivity contribution in [2.24, 2.45) is 0 Å². The van der Waals surface area contributed by atoms with Gasteiger partial charge >= 0.3 is 0 Å². The van der Waals surface area contributed by atoms with Gasteiger partial charge in [0.05, 0.1) is 0 Å². The van der Waals surface area contributed by atoms with Crippen LogP contribution in [0.1, 0.15) is 26.7 Å². The average molecular weight is 184 g/mol. The van der Waals surface area contributed by atoms with Crippen molar-refractivity contribution in [1.29, 1.82) is 0 Å². The molecule has 0 heterocycles. The van der Waals surface area contributed by atoms with Crippen molar-refractivity contribution < 1.29 is 4.79 Å². The zero-order valence-electron chi connectivity index (χ0n) is 9.29. The highest BCUT2D eigenvalue weighted by atomic mass is 16.2. The topological polar surface area (TPSA) is 23.6 Å². The lowest BCUT2D eigenvalue weighted by atomic mass is 10.2. The Balaban J connectivity index is 2.68. The molecule has 0 saturated heterocycles. The van der Waals surface area contributed by atoms with Crippen LogP contribution in [0.4, 0.5) is 0 Å². The molecule has 3 heteroatoms. The van der Waals surface area contributed by atoms with Gasteiger partial charge in [-0.15, -0.1) is 0 Å². The van der Waals surface area contributed by atoms with Crippen LogP contribution in [0, 0.1) is 0 Å². The van der Waals surface area contributed by atoms with Crippen LogP contribution < -0.4 is 0 Å². The Labute approximate surface area is 80.7 Å². The summed E-state index contributed by atoms with van der Waals surface area (Å²) in [5.41, 5.74) is -0.168. The van der Waals surface area contributed by atoms with E-state index in [9.17, 15) is 4.79 Å². The maximum Gasteiger partial charge on any atom is 0.243 e. The van der Waals surface area contributed by atoms with Crippen molar-refractivity contribution >= 4 is 5.91 Å². The molecule has 0 spiro atoms. The number of hydrogen-bond donors (Lipinski definition) is 0. The van der Waals surface area contributed by atoms with Gasteiger partial charge in [0.2, 0.25) is 5.91 Å². The highest BCUT2D eigenvalue weighted by molar-refractivity contribution is 5.89. The van der Waals surface area contributed by atoms with Crippen LogP contribution >= 0.6 is 0 Å².